The van der Waals surface area contributed by atoms with Gasteiger partial charge in [-0.25, -0.2) is 22.2 Å². The molecule has 1 N–H and O–H groups in total. The standard InChI is InChI=1S/C40H40F2N2O7S/c1-26(2)34-21-31(41)22-35(36(34)23-40(45)46)30-15-17-43-39(20-30)51-18-16-27-9-14-37(42)38(19-27)52(47,48)44(24-28-5-10-32(49-3)11-6-28)25-29-7-12-33(50-4)13-8-29/h5-15,17,19-22,26H,16,18,23-25H2,1-4H3,(H,45,46). The van der Waals surface area contributed by atoms with E-state index in [0.717, 1.165) is 6.07 Å². The molecule has 0 atom stereocenters. The number of aliphatic carboxylic acids is 1. The Morgan fingerprint density at radius 1 is 0.827 bits per heavy atom. The quantitative estimate of drug-likeness (QED) is 0.109. The van der Waals surface area contributed by atoms with Crippen LogP contribution < -0.4 is 14.2 Å². The second kappa shape index (κ2) is 16.8. The SMILES string of the molecule is COc1ccc(CN(Cc2ccc(OC)cc2)S(=O)(=O)c2cc(CCOc3cc(-c4cc(F)cc(C(C)C)c4CC(=O)O)ccn3)ccc2F)cc1. The number of carbonyl (C=O) groups is 1. The summed E-state index contributed by atoms with van der Waals surface area (Å²) < 4.78 is 75.9. The molecule has 4 aromatic carbocycles. The Labute approximate surface area is 302 Å². The van der Waals surface area contributed by atoms with Gasteiger partial charge in [0.25, 0.3) is 0 Å². The topological polar surface area (TPSA) is 115 Å². The van der Waals surface area contributed by atoms with Crippen molar-refractivity contribution in [3.8, 4) is 28.5 Å². The summed E-state index contributed by atoms with van der Waals surface area (Å²) >= 11 is 0. The van der Waals surface area contributed by atoms with E-state index >= 15 is 4.39 Å². The molecule has 0 aliphatic heterocycles. The molecule has 12 heteroatoms. The zero-order valence-corrected chi connectivity index (χ0v) is 30.1. The van der Waals surface area contributed by atoms with Crippen molar-refractivity contribution in [3.05, 3.63) is 137 Å². The van der Waals surface area contributed by atoms with Crippen LogP contribution in [0.25, 0.3) is 11.1 Å². The van der Waals surface area contributed by atoms with Crippen molar-refractivity contribution in [2.75, 3.05) is 20.8 Å². The lowest BCUT2D eigenvalue weighted by Gasteiger charge is -2.23. The summed E-state index contributed by atoms with van der Waals surface area (Å²) in [6, 6.07) is 23.8. The van der Waals surface area contributed by atoms with Gasteiger partial charge in [0.2, 0.25) is 15.9 Å². The first-order chi connectivity index (χ1) is 24.9. The average Bonchev–Trinajstić information content (AvgIpc) is 3.13. The van der Waals surface area contributed by atoms with Gasteiger partial charge in [-0.15, -0.1) is 0 Å². The predicted molar refractivity (Wildman–Crippen MR) is 193 cm³/mol. The highest BCUT2D eigenvalue weighted by atomic mass is 32.2. The first-order valence-corrected chi connectivity index (χ1v) is 18.0. The normalized spacial score (nSPS) is 11.5. The smallest absolute Gasteiger partial charge is 0.307 e. The number of pyridine rings is 1. The summed E-state index contributed by atoms with van der Waals surface area (Å²) in [6.07, 6.45) is 1.42. The molecule has 5 aromatic rings. The van der Waals surface area contributed by atoms with E-state index < -0.39 is 32.5 Å². The van der Waals surface area contributed by atoms with Gasteiger partial charge in [-0.1, -0.05) is 44.2 Å². The minimum atomic E-state index is -4.35. The number of carboxylic acids is 1. The van der Waals surface area contributed by atoms with Crippen LogP contribution >= 0.6 is 0 Å². The summed E-state index contributed by atoms with van der Waals surface area (Å²) in [7, 11) is -1.27. The fourth-order valence-corrected chi connectivity index (χ4v) is 7.37. The van der Waals surface area contributed by atoms with Gasteiger partial charge in [-0.05, 0) is 99.5 Å². The van der Waals surface area contributed by atoms with Crippen LogP contribution in [-0.2, 0) is 40.7 Å². The highest BCUT2D eigenvalue weighted by Gasteiger charge is 2.29. The van der Waals surface area contributed by atoms with Crippen molar-refractivity contribution in [3.63, 3.8) is 0 Å². The van der Waals surface area contributed by atoms with Crippen LogP contribution in [0.3, 0.4) is 0 Å². The van der Waals surface area contributed by atoms with E-state index in [2.05, 4.69) is 4.98 Å². The number of hydrogen-bond acceptors (Lipinski definition) is 7. The second-order valence-corrected chi connectivity index (χ2v) is 14.4. The fourth-order valence-electron chi connectivity index (χ4n) is 5.84. The van der Waals surface area contributed by atoms with E-state index in [-0.39, 0.29) is 44.3 Å². The van der Waals surface area contributed by atoms with Crippen LogP contribution in [0.15, 0.2) is 102 Å². The lowest BCUT2D eigenvalue weighted by molar-refractivity contribution is -0.136. The molecule has 1 aromatic heterocycles. The molecule has 0 fully saturated rings. The van der Waals surface area contributed by atoms with Crippen molar-refractivity contribution in [1.82, 2.24) is 9.29 Å². The van der Waals surface area contributed by atoms with Gasteiger partial charge in [0.05, 0.1) is 27.2 Å². The van der Waals surface area contributed by atoms with Gasteiger partial charge in [0, 0.05) is 31.8 Å². The van der Waals surface area contributed by atoms with E-state index in [1.54, 1.807) is 74.9 Å². The van der Waals surface area contributed by atoms with Gasteiger partial charge in [0.1, 0.15) is 28.0 Å². The van der Waals surface area contributed by atoms with Crippen molar-refractivity contribution < 1.29 is 41.3 Å². The Balaban J connectivity index is 1.37. The molecule has 0 saturated carbocycles. The van der Waals surface area contributed by atoms with E-state index in [0.29, 0.717) is 50.4 Å². The zero-order valence-electron chi connectivity index (χ0n) is 29.3. The average molecular weight is 731 g/mol. The summed E-state index contributed by atoms with van der Waals surface area (Å²) in [5, 5.41) is 9.58. The summed E-state index contributed by atoms with van der Waals surface area (Å²) in [6.45, 7) is 3.76. The number of sulfonamides is 1. The molecule has 1 heterocycles. The number of rotatable bonds is 16. The molecule has 0 aliphatic carbocycles. The molecule has 0 saturated heterocycles. The Hall–Kier alpha value is -5.33. The first kappa shape index (κ1) is 37.9. The molecule has 9 nitrogen and oxygen atoms in total. The van der Waals surface area contributed by atoms with Crippen LogP contribution in [0.4, 0.5) is 8.78 Å². The summed E-state index contributed by atoms with van der Waals surface area (Å²) in [5.41, 5.74) is 3.96. The number of nitrogens with zero attached hydrogens (tertiary/aromatic N) is 2. The molecule has 5 rings (SSSR count). The molecule has 272 valence electrons. The third-order valence-corrected chi connectivity index (χ3v) is 10.3. The number of halogens is 2. The predicted octanol–water partition coefficient (Wildman–Crippen LogP) is 7.81. The minimum absolute atomic E-state index is 0.0225. The molecule has 0 spiro atoms. The lowest BCUT2D eigenvalue weighted by Crippen LogP contribution is -2.31. The van der Waals surface area contributed by atoms with Crippen molar-refractivity contribution in [2.45, 2.75) is 50.6 Å². The third kappa shape index (κ3) is 9.31. The van der Waals surface area contributed by atoms with E-state index in [1.807, 2.05) is 13.8 Å². The minimum Gasteiger partial charge on any atom is -0.497 e. The molecule has 52 heavy (non-hydrogen) atoms. The van der Waals surface area contributed by atoms with Gasteiger partial charge in [-0.3, -0.25) is 4.79 Å². The summed E-state index contributed by atoms with van der Waals surface area (Å²) in [5.74, 6) is -1.08. The van der Waals surface area contributed by atoms with E-state index in [9.17, 15) is 22.7 Å². The second-order valence-electron chi connectivity index (χ2n) is 12.5. The zero-order chi connectivity index (χ0) is 37.4. The van der Waals surface area contributed by atoms with Crippen LogP contribution in [0, 0.1) is 11.6 Å². The van der Waals surface area contributed by atoms with Gasteiger partial charge >= 0.3 is 5.97 Å². The number of hydrogen-bond donors (Lipinski definition) is 1. The van der Waals surface area contributed by atoms with Gasteiger partial charge in [0.15, 0.2) is 0 Å². The highest BCUT2D eigenvalue weighted by molar-refractivity contribution is 7.89. The van der Waals surface area contributed by atoms with E-state index in [4.69, 9.17) is 14.2 Å². The maximum absolute atomic E-state index is 15.4. The van der Waals surface area contributed by atoms with Crippen molar-refractivity contribution >= 4 is 16.0 Å². The summed E-state index contributed by atoms with van der Waals surface area (Å²) in [4.78, 5) is 15.5. The molecule has 0 aliphatic rings. The van der Waals surface area contributed by atoms with Crippen LogP contribution in [0.2, 0.25) is 0 Å². The number of carboxylic acid groups (broad SMARTS) is 1. The Kier molecular flexibility index (Phi) is 12.2. The van der Waals surface area contributed by atoms with Crippen molar-refractivity contribution in [2.24, 2.45) is 0 Å². The maximum atomic E-state index is 15.4. The highest BCUT2D eigenvalue weighted by Crippen LogP contribution is 2.33. The van der Waals surface area contributed by atoms with Crippen LogP contribution in [0.1, 0.15) is 47.6 Å². The Morgan fingerprint density at radius 3 is 1.98 bits per heavy atom. The number of ether oxygens (including phenoxy) is 3. The van der Waals surface area contributed by atoms with Gasteiger partial charge < -0.3 is 19.3 Å². The van der Waals surface area contributed by atoms with Gasteiger partial charge in [-0.2, -0.15) is 4.31 Å². The Morgan fingerprint density at radius 2 is 1.42 bits per heavy atom. The monoisotopic (exact) mass is 730 g/mol. The molecule has 0 amide bonds. The third-order valence-electron chi connectivity index (χ3n) is 8.54. The molecule has 0 unspecified atom stereocenters. The van der Waals surface area contributed by atoms with Crippen LogP contribution in [0.5, 0.6) is 17.4 Å². The van der Waals surface area contributed by atoms with Crippen molar-refractivity contribution in [1.29, 1.82) is 0 Å². The number of methoxy groups -OCH3 is 2. The first-order valence-electron chi connectivity index (χ1n) is 16.6. The molecular weight excluding hydrogens is 691 g/mol. The number of benzene rings is 4. The molecule has 0 bridgehead atoms. The molecular formula is C40H40F2N2O7S. The lowest BCUT2D eigenvalue weighted by atomic mass is 9.88. The maximum Gasteiger partial charge on any atom is 0.307 e. The number of aromatic nitrogens is 1. The largest absolute Gasteiger partial charge is 0.497 e. The Bertz CT molecular complexity index is 2070. The fraction of sp³-hybridized carbons (Fsp3) is 0.250. The van der Waals surface area contributed by atoms with E-state index in [1.165, 1.54) is 34.8 Å². The molecule has 0 radical (unpaired) electrons. The van der Waals surface area contributed by atoms with Crippen LogP contribution in [-0.4, -0.2) is 49.6 Å².